The fourth-order valence-electron chi connectivity index (χ4n) is 1.91. The zero-order chi connectivity index (χ0) is 10.9. The quantitative estimate of drug-likeness (QED) is 0.812. The minimum Gasteiger partial charge on any atom is -0.496 e. The Kier molecular flexibility index (Phi) is 2.67. The van der Waals surface area contributed by atoms with Gasteiger partial charge in [-0.25, -0.2) is 0 Å². The molecule has 1 aromatic carbocycles. The standard InChI is InChI=1S/C12H16O3/c1-9-5-10(3-4-11(9)14-2)12(6-13)7-15-8-12/h3-5,13H,6-8H2,1-2H3. The second kappa shape index (κ2) is 3.83. The van der Waals surface area contributed by atoms with Crippen molar-refractivity contribution >= 4 is 0 Å². The minimum absolute atomic E-state index is 0.138. The van der Waals surface area contributed by atoms with Crippen molar-refractivity contribution < 1.29 is 14.6 Å². The molecule has 1 aliphatic heterocycles. The van der Waals surface area contributed by atoms with E-state index in [-0.39, 0.29) is 12.0 Å². The summed E-state index contributed by atoms with van der Waals surface area (Å²) in [5.41, 5.74) is 2.04. The maximum absolute atomic E-state index is 9.40. The normalized spacial score (nSPS) is 18.3. The Hall–Kier alpha value is -1.06. The van der Waals surface area contributed by atoms with Crippen LogP contribution in [0.4, 0.5) is 0 Å². The molecule has 1 heterocycles. The summed E-state index contributed by atoms with van der Waals surface area (Å²) < 4.78 is 10.4. The van der Waals surface area contributed by atoms with Gasteiger partial charge >= 0.3 is 0 Å². The van der Waals surface area contributed by atoms with Gasteiger partial charge in [0.2, 0.25) is 0 Å². The molecule has 1 aliphatic rings. The molecule has 2 rings (SSSR count). The van der Waals surface area contributed by atoms with Crippen LogP contribution in [0.3, 0.4) is 0 Å². The summed E-state index contributed by atoms with van der Waals surface area (Å²) in [4.78, 5) is 0. The van der Waals surface area contributed by atoms with Crippen LogP contribution in [0, 0.1) is 6.92 Å². The van der Waals surface area contributed by atoms with E-state index in [0.29, 0.717) is 13.2 Å². The molecule has 1 aromatic rings. The molecule has 0 amide bonds. The van der Waals surface area contributed by atoms with Crippen LogP contribution < -0.4 is 4.74 Å². The van der Waals surface area contributed by atoms with Crippen LogP contribution in [-0.4, -0.2) is 32.0 Å². The van der Waals surface area contributed by atoms with Gasteiger partial charge in [-0.1, -0.05) is 12.1 Å². The van der Waals surface area contributed by atoms with Crippen molar-refractivity contribution in [2.45, 2.75) is 12.3 Å². The monoisotopic (exact) mass is 208 g/mol. The SMILES string of the molecule is COc1ccc(C2(CO)COC2)cc1C. The molecular weight excluding hydrogens is 192 g/mol. The van der Waals surface area contributed by atoms with Gasteiger partial charge in [-0.05, 0) is 24.1 Å². The van der Waals surface area contributed by atoms with E-state index in [1.807, 2.05) is 19.1 Å². The van der Waals surface area contributed by atoms with E-state index >= 15 is 0 Å². The average molecular weight is 208 g/mol. The van der Waals surface area contributed by atoms with E-state index in [0.717, 1.165) is 16.9 Å². The van der Waals surface area contributed by atoms with Gasteiger partial charge < -0.3 is 14.6 Å². The van der Waals surface area contributed by atoms with Gasteiger partial charge in [0.1, 0.15) is 5.75 Å². The number of rotatable bonds is 3. The lowest BCUT2D eigenvalue weighted by atomic mass is 9.79. The largest absolute Gasteiger partial charge is 0.496 e. The third-order valence-electron chi connectivity index (χ3n) is 3.07. The van der Waals surface area contributed by atoms with E-state index in [9.17, 15) is 5.11 Å². The van der Waals surface area contributed by atoms with Gasteiger partial charge in [0.25, 0.3) is 0 Å². The first-order valence-electron chi connectivity index (χ1n) is 5.05. The highest BCUT2D eigenvalue weighted by atomic mass is 16.5. The maximum Gasteiger partial charge on any atom is 0.121 e. The fourth-order valence-corrected chi connectivity index (χ4v) is 1.91. The van der Waals surface area contributed by atoms with Gasteiger partial charge in [0, 0.05) is 0 Å². The topological polar surface area (TPSA) is 38.7 Å². The zero-order valence-corrected chi connectivity index (χ0v) is 9.12. The summed E-state index contributed by atoms with van der Waals surface area (Å²) >= 11 is 0. The Morgan fingerprint density at radius 1 is 1.47 bits per heavy atom. The molecule has 0 saturated carbocycles. The van der Waals surface area contributed by atoms with Crippen molar-refractivity contribution in [2.24, 2.45) is 0 Å². The smallest absolute Gasteiger partial charge is 0.121 e. The third-order valence-corrected chi connectivity index (χ3v) is 3.07. The Morgan fingerprint density at radius 2 is 2.20 bits per heavy atom. The number of aliphatic hydroxyl groups excluding tert-OH is 1. The summed E-state index contributed by atoms with van der Waals surface area (Å²) in [5, 5.41) is 9.40. The fraction of sp³-hybridized carbons (Fsp3) is 0.500. The molecule has 3 nitrogen and oxygen atoms in total. The van der Waals surface area contributed by atoms with Crippen LogP contribution in [0.25, 0.3) is 0 Å². The first-order valence-corrected chi connectivity index (χ1v) is 5.05. The Labute approximate surface area is 89.6 Å². The van der Waals surface area contributed by atoms with Crippen LogP contribution in [0.2, 0.25) is 0 Å². The minimum atomic E-state index is -0.184. The lowest BCUT2D eigenvalue weighted by molar-refractivity contribution is -0.0841. The Bertz CT molecular complexity index is 350. The molecule has 0 bridgehead atoms. The Balaban J connectivity index is 2.33. The molecule has 1 fully saturated rings. The van der Waals surface area contributed by atoms with Crippen LogP contribution >= 0.6 is 0 Å². The molecule has 0 aliphatic carbocycles. The van der Waals surface area contributed by atoms with Gasteiger partial charge in [0.05, 0.1) is 32.3 Å². The van der Waals surface area contributed by atoms with Crippen LogP contribution in [-0.2, 0) is 10.2 Å². The van der Waals surface area contributed by atoms with E-state index < -0.39 is 0 Å². The molecule has 0 spiro atoms. The number of aryl methyl sites for hydroxylation is 1. The maximum atomic E-state index is 9.40. The summed E-state index contributed by atoms with van der Waals surface area (Å²) in [6.45, 7) is 3.36. The predicted molar refractivity (Wildman–Crippen MR) is 57.3 cm³/mol. The predicted octanol–water partition coefficient (Wildman–Crippen LogP) is 1.26. The van der Waals surface area contributed by atoms with Gasteiger partial charge in [-0.3, -0.25) is 0 Å². The molecule has 0 atom stereocenters. The zero-order valence-electron chi connectivity index (χ0n) is 9.12. The molecule has 1 N–H and O–H groups in total. The highest BCUT2D eigenvalue weighted by molar-refractivity contribution is 5.40. The molecule has 15 heavy (non-hydrogen) atoms. The van der Waals surface area contributed by atoms with Crippen molar-refractivity contribution in [1.29, 1.82) is 0 Å². The molecular formula is C12H16O3. The lowest BCUT2D eigenvalue weighted by Crippen LogP contribution is -2.49. The molecule has 0 unspecified atom stereocenters. The second-order valence-electron chi connectivity index (χ2n) is 4.12. The first kappa shape index (κ1) is 10.5. The second-order valence-corrected chi connectivity index (χ2v) is 4.12. The third kappa shape index (κ3) is 1.62. The van der Waals surface area contributed by atoms with E-state index in [1.165, 1.54) is 0 Å². The van der Waals surface area contributed by atoms with Crippen LogP contribution in [0.15, 0.2) is 18.2 Å². The lowest BCUT2D eigenvalue weighted by Gasteiger charge is -2.40. The van der Waals surface area contributed by atoms with Crippen molar-refractivity contribution in [3.8, 4) is 5.75 Å². The number of aliphatic hydroxyl groups is 1. The number of methoxy groups -OCH3 is 1. The Morgan fingerprint density at radius 3 is 2.60 bits per heavy atom. The van der Waals surface area contributed by atoms with Crippen molar-refractivity contribution in [3.63, 3.8) is 0 Å². The molecule has 3 heteroatoms. The average Bonchev–Trinajstić information content (AvgIpc) is 2.17. The number of hydrogen-bond donors (Lipinski definition) is 1. The van der Waals surface area contributed by atoms with Crippen molar-refractivity contribution in [1.82, 2.24) is 0 Å². The summed E-state index contributed by atoms with van der Waals surface area (Å²) in [6.07, 6.45) is 0. The molecule has 0 radical (unpaired) electrons. The highest BCUT2D eigenvalue weighted by Gasteiger charge is 2.39. The first-order chi connectivity index (χ1) is 7.22. The summed E-state index contributed by atoms with van der Waals surface area (Å²) in [7, 11) is 1.66. The molecule has 0 aromatic heterocycles. The summed E-state index contributed by atoms with van der Waals surface area (Å²) in [5.74, 6) is 0.882. The van der Waals surface area contributed by atoms with E-state index in [4.69, 9.17) is 9.47 Å². The van der Waals surface area contributed by atoms with Gasteiger partial charge in [0.15, 0.2) is 0 Å². The summed E-state index contributed by atoms with van der Waals surface area (Å²) in [6, 6.07) is 6.02. The molecule has 82 valence electrons. The number of ether oxygens (including phenoxy) is 2. The highest BCUT2D eigenvalue weighted by Crippen LogP contribution is 2.34. The van der Waals surface area contributed by atoms with Crippen molar-refractivity contribution in [3.05, 3.63) is 29.3 Å². The van der Waals surface area contributed by atoms with Crippen LogP contribution in [0.5, 0.6) is 5.75 Å². The number of hydrogen-bond acceptors (Lipinski definition) is 3. The van der Waals surface area contributed by atoms with Gasteiger partial charge in [-0.15, -0.1) is 0 Å². The molecule has 1 saturated heterocycles. The van der Waals surface area contributed by atoms with E-state index in [1.54, 1.807) is 7.11 Å². The number of benzene rings is 1. The van der Waals surface area contributed by atoms with Crippen molar-refractivity contribution in [2.75, 3.05) is 26.9 Å². The van der Waals surface area contributed by atoms with Crippen LogP contribution in [0.1, 0.15) is 11.1 Å². The van der Waals surface area contributed by atoms with Gasteiger partial charge in [-0.2, -0.15) is 0 Å². The van der Waals surface area contributed by atoms with E-state index in [2.05, 4.69) is 6.07 Å².